The molecule has 2 rings (SSSR count). The van der Waals surface area contributed by atoms with Gasteiger partial charge >= 0.3 is 11.9 Å². The summed E-state index contributed by atoms with van der Waals surface area (Å²) in [4.78, 5) is 47.3. The summed E-state index contributed by atoms with van der Waals surface area (Å²) in [5.74, 6) is -2.00. The molecule has 1 aromatic carbocycles. The van der Waals surface area contributed by atoms with Gasteiger partial charge in [-0.3, -0.25) is 9.59 Å². The highest BCUT2D eigenvalue weighted by molar-refractivity contribution is 6.00. The van der Waals surface area contributed by atoms with E-state index in [1.54, 1.807) is 0 Å². The van der Waals surface area contributed by atoms with Crippen LogP contribution in [0.4, 0.5) is 5.69 Å². The summed E-state index contributed by atoms with van der Waals surface area (Å²) in [6, 6.07) is 3.44. The number of hydrogen-bond donors (Lipinski definition) is 3. The zero-order valence-corrected chi connectivity index (χ0v) is 13.9. The van der Waals surface area contributed by atoms with Crippen molar-refractivity contribution in [1.29, 1.82) is 0 Å². The van der Waals surface area contributed by atoms with Crippen molar-refractivity contribution in [3.05, 3.63) is 29.3 Å². The lowest BCUT2D eigenvalue weighted by Crippen LogP contribution is -2.53. The van der Waals surface area contributed by atoms with Gasteiger partial charge in [0.25, 0.3) is 0 Å². The van der Waals surface area contributed by atoms with Crippen LogP contribution in [0.5, 0.6) is 0 Å². The fourth-order valence-corrected chi connectivity index (χ4v) is 2.38. The Balaban J connectivity index is 2.16. The summed E-state index contributed by atoms with van der Waals surface area (Å²) in [7, 11) is 2.41. The number of piperazine rings is 1. The number of ether oxygens (including phenoxy) is 2. The minimum absolute atomic E-state index is 0.0815. The van der Waals surface area contributed by atoms with Crippen molar-refractivity contribution in [1.82, 2.24) is 10.6 Å². The highest BCUT2D eigenvalue weighted by Gasteiger charge is 2.24. The summed E-state index contributed by atoms with van der Waals surface area (Å²) in [5, 5.41) is 8.18. The third-order valence-corrected chi connectivity index (χ3v) is 3.58. The third kappa shape index (κ3) is 4.77. The summed E-state index contributed by atoms with van der Waals surface area (Å²) in [6.45, 7) is 1.09. The predicted molar refractivity (Wildman–Crippen MR) is 87.2 cm³/mol. The molecular formula is C16H19N3O6. The minimum Gasteiger partial charge on any atom is -0.465 e. The van der Waals surface area contributed by atoms with Gasteiger partial charge in [-0.1, -0.05) is 0 Å². The average Bonchev–Trinajstić information content (AvgIpc) is 2.61. The van der Waals surface area contributed by atoms with Crippen LogP contribution in [0.1, 0.15) is 27.1 Å². The van der Waals surface area contributed by atoms with Gasteiger partial charge in [0.05, 0.1) is 37.8 Å². The molecule has 9 heteroatoms. The molecule has 1 heterocycles. The van der Waals surface area contributed by atoms with E-state index >= 15 is 0 Å². The number of esters is 2. The lowest BCUT2D eigenvalue weighted by Gasteiger charge is -2.23. The van der Waals surface area contributed by atoms with Crippen LogP contribution in [0.2, 0.25) is 0 Å². The molecule has 1 atom stereocenters. The Bertz CT molecular complexity index is 669. The zero-order valence-electron chi connectivity index (χ0n) is 13.9. The fourth-order valence-electron chi connectivity index (χ4n) is 2.38. The van der Waals surface area contributed by atoms with E-state index < -0.39 is 23.9 Å². The first kappa shape index (κ1) is 18.4. The van der Waals surface area contributed by atoms with E-state index in [1.807, 2.05) is 0 Å². The Hall–Kier alpha value is -2.94. The van der Waals surface area contributed by atoms with E-state index in [0.29, 0.717) is 13.1 Å². The second-order valence-corrected chi connectivity index (χ2v) is 5.33. The van der Waals surface area contributed by atoms with Gasteiger partial charge in [0, 0.05) is 18.8 Å². The van der Waals surface area contributed by atoms with E-state index in [1.165, 1.54) is 32.4 Å². The molecule has 0 aliphatic carbocycles. The molecule has 0 unspecified atom stereocenters. The first-order chi connectivity index (χ1) is 11.9. The van der Waals surface area contributed by atoms with Crippen molar-refractivity contribution >= 4 is 29.4 Å². The standard InChI is InChI=1S/C16H19N3O6/c1-24-15(22)9-5-10(16(23)25-2)7-11(6-9)19-13(20)8-12-14(21)18-4-3-17-12/h5-7,12,17H,3-4,8H2,1-2H3,(H,18,21)(H,19,20)/t12-/m0/s1. The van der Waals surface area contributed by atoms with Gasteiger partial charge in [0.2, 0.25) is 11.8 Å². The van der Waals surface area contributed by atoms with Gasteiger partial charge in [0.15, 0.2) is 0 Å². The Morgan fingerprint density at radius 1 is 1.08 bits per heavy atom. The van der Waals surface area contributed by atoms with Crippen molar-refractivity contribution in [2.24, 2.45) is 0 Å². The van der Waals surface area contributed by atoms with Crippen LogP contribution in [0.15, 0.2) is 18.2 Å². The summed E-state index contributed by atoms with van der Waals surface area (Å²) >= 11 is 0. The number of carbonyl (C=O) groups is 4. The molecule has 3 N–H and O–H groups in total. The molecule has 2 amide bonds. The normalized spacial score (nSPS) is 16.6. The van der Waals surface area contributed by atoms with Gasteiger partial charge in [-0.15, -0.1) is 0 Å². The Kier molecular flexibility index (Phi) is 6.07. The van der Waals surface area contributed by atoms with Crippen LogP contribution >= 0.6 is 0 Å². The molecule has 0 aromatic heterocycles. The molecule has 0 saturated carbocycles. The van der Waals surface area contributed by atoms with Crippen LogP contribution in [0, 0.1) is 0 Å². The van der Waals surface area contributed by atoms with Crippen LogP contribution < -0.4 is 16.0 Å². The maximum atomic E-state index is 12.2. The number of nitrogens with one attached hydrogen (secondary N) is 3. The lowest BCUT2D eigenvalue weighted by atomic mass is 10.1. The van der Waals surface area contributed by atoms with Crippen LogP contribution in [0.3, 0.4) is 0 Å². The van der Waals surface area contributed by atoms with Gasteiger partial charge in [-0.05, 0) is 18.2 Å². The van der Waals surface area contributed by atoms with E-state index in [9.17, 15) is 19.2 Å². The number of benzene rings is 1. The molecule has 134 valence electrons. The summed E-state index contributed by atoms with van der Waals surface area (Å²) in [5.41, 5.74) is 0.410. The predicted octanol–water partition coefficient (Wildman–Crippen LogP) is -0.324. The maximum Gasteiger partial charge on any atom is 0.337 e. The SMILES string of the molecule is COC(=O)c1cc(NC(=O)C[C@@H]2NCCNC2=O)cc(C(=O)OC)c1. The number of rotatable bonds is 5. The number of methoxy groups -OCH3 is 2. The summed E-state index contributed by atoms with van der Waals surface area (Å²) in [6.07, 6.45) is -0.0815. The molecule has 0 radical (unpaired) electrons. The molecule has 0 spiro atoms. The van der Waals surface area contributed by atoms with Crippen molar-refractivity contribution in [2.75, 3.05) is 32.6 Å². The van der Waals surface area contributed by atoms with Crippen molar-refractivity contribution in [2.45, 2.75) is 12.5 Å². The van der Waals surface area contributed by atoms with Crippen molar-refractivity contribution < 1.29 is 28.7 Å². The largest absolute Gasteiger partial charge is 0.465 e. The number of hydrogen-bond acceptors (Lipinski definition) is 7. The average molecular weight is 349 g/mol. The maximum absolute atomic E-state index is 12.2. The molecule has 1 fully saturated rings. The van der Waals surface area contributed by atoms with Crippen LogP contribution in [-0.2, 0) is 19.1 Å². The number of carbonyl (C=O) groups excluding carboxylic acids is 4. The fraction of sp³-hybridized carbons (Fsp3) is 0.375. The molecule has 1 aliphatic heterocycles. The monoisotopic (exact) mass is 349 g/mol. The number of amides is 2. The molecule has 1 aliphatic rings. The quantitative estimate of drug-likeness (QED) is 0.622. The van der Waals surface area contributed by atoms with Crippen LogP contribution in [-0.4, -0.2) is 57.1 Å². The second-order valence-electron chi connectivity index (χ2n) is 5.33. The minimum atomic E-state index is -0.658. The second kappa shape index (κ2) is 8.25. The number of anilines is 1. The van der Waals surface area contributed by atoms with Crippen LogP contribution in [0.25, 0.3) is 0 Å². The zero-order chi connectivity index (χ0) is 18.4. The van der Waals surface area contributed by atoms with E-state index in [0.717, 1.165) is 0 Å². The molecule has 9 nitrogen and oxygen atoms in total. The first-order valence-corrected chi connectivity index (χ1v) is 7.57. The highest BCUT2D eigenvalue weighted by Crippen LogP contribution is 2.17. The van der Waals surface area contributed by atoms with Gasteiger partial charge < -0.3 is 25.4 Å². The molecule has 25 heavy (non-hydrogen) atoms. The molecule has 0 bridgehead atoms. The van der Waals surface area contributed by atoms with E-state index in [2.05, 4.69) is 25.4 Å². The molecule has 1 aromatic rings. The first-order valence-electron chi connectivity index (χ1n) is 7.57. The van der Waals surface area contributed by atoms with Gasteiger partial charge in [-0.25, -0.2) is 9.59 Å². The topological polar surface area (TPSA) is 123 Å². The van der Waals surface area contributed by atoms with Crippen molar-refractivity contribution in [3.8, 4) is 0 Å². The van der Waals surface area contributed by atoms with Crippen molar-refractivity contribution in [3.63, 3.8) is 0 Å². The van der Waals surface area contributed by atoms with E-state index in [-0.39, 0.29) is 29.1 Å². The molecule has 1 saturated heterocycles. The third-order valence-electron chi connectivity index (χ3n) is 3.58. The smallest absolute Gasteiger partial charge is 0.337 e. The Morgan fingerprint density at radius 2 is 1.68 bits per heavy atom. The summed E-state index contributed by atoms with van der Waals surface area (Å²) < 4.78 is 9.27. The Labute approximate surface area is 144 Å². The van der Waals surface area contributed by atoms with Gasteiger partial charge in [0.1, 0.15) is 0 Å². The highest BCUT2D eigenvalue weighted by atomic mass is 16.5. The van der Waals surface area contributed by atoms with E-state index in [4.69, 9.17) is 0 Å². The Morgan fingerprint density at radius 3 is 2.20 bits per heavy atom. The van der Waals surface area contributed by atoms with Gasteiger partial charge in [-0.2, -0.15) is 0 Å². The lowest BCUT2D eigenvalue weighted by molar-refractivity contribution is -0.127. The molecular weight excluding hydrogens is 330 g/mol.